The van der Waals surface area contributed by atoms with Crippen molar-refractivity contribution in [3.8, 4) is 5.75 Å². The van der Waals surface area contributed by atoms with Gasteiger partial charge in [-0.2, -0.15) is 0 Å². The number of hydrogen-bond acceptors (Lipinski definition) is 6. The number of aromatic hydroxyl groups is 1. The molecule has 0 fully saturated rings. The monoisotopic (exact) mass is 304 g/mol. The third-order valence-corrected chi connectivity index (χ3v) is 3.60. The van der Waals surface area contributed by atoms with Gasteiger partial charge in [0, 0.05) is 6.42 Å². The number of benzene rings is 1. The molecule has 0 saturated heterocycles. The number of carboxylic acid groups (broad SMARTS) is 1. The van der Waals surface area contributed by atoms with E-state index in [0.717, 1.165) is 18.2 Å². The van der Waals surface area contributed by atoms with Gasteiger partial charge in [0.05, 0.1) is 16.7 Å². The number of carbonyl (C=O) groups is 1. The summed E-state index contributed by atoms with van der Waals surface area (Å²) < 4.78 is 25.3. The van der Waals surface area contributed by atoms with Crippen LogP contribution in [-0.4, -0.2) is 35.3 Å². The molecule has 1 aromatic carbocycles. The number of nitro benzene ring substituents is 1. The number of nitrogens with zero attached hydrogens (tertiary/aromatic N) is 1. The molecule has 20 heavy (non-hydrogen) atoms. The zero-order chi connectivity index (χ0) is 15.3. The number of phenols is 1. The predicted molar refractivity (Wildman–Crippen MR) is 69.0 cm³/mol. The van der Waals surface area contributed by atoms with Gasteiger partial charge in [-0.15, -0.1) is 0 Å². The molecule has 0 aromatic heterocycles. The van der Waals surface area contributed by atoms with Crippen molar-refractivity contribution in [1.29, 1.82) is 0 Å². The number of sulfonamides is 1. The maximum Gasteiger partial charge on any atom is 0.303 e. The van der Waals surface area contributed by atoms with Crippen molar-refractivity contribution >= 4 is 27.4 Å². The smallest absolute Gasteiger partial charge is 0.303 e. The first kappa shape index (κ1) is 15.7. The van der Waals surface area contributed by atoms with E-state index in [-0.39, 0.29) is 24.3 Å². The molecule has 3 N–H and O–H groups in total. The predicted octanol–water partition coefficient (Wildman–Crippen LogP) is 0.907. The Bertz CT molecular complexity index is 626. The zero-order valence-electron chi connectivity index (χ0n) is 10.1. The summed E-state index contributed by atoms with van der Waals surface area (Å²) in [5.41, 5.74) is -0.880. The molecule has 0 amide bonds. The van der Waals surface area contributed by atoms with Crippen LogP contribution in [0.3, 0.4) is 0 Å². The number of nitrogens with one attached hydrogen (secondary N) is 1. The maximum atomic E-state index is 11.7. The van der Waals surface area contributed by atoms with E-state index in [1.807, 2.05) is 4.72 Å². The number of aliphatic carboxylic acids is 1. The van der Waals surface area contributed by atoms with E-state index in [0.29, 0.717) is 0 Å². The van der Waals surface area contributed by atoms with Crippen LogP contribution >= 0.6 is 0 Å². The summed E-state index contributed by atoms with van der Waals surface area (Å²) >= 11 is 0. The Morgan fingerprint density at radius 2 is 2.05 bits per heavy atom. The highest BCUT2D eigenvalue weighted by atomic mass is 32.2. The van der Waals surface area contributed by atoms with Crippen LogP contribution in [0.4, 0.5) is 11.4 Å². The van der Waals surface area contributed by atoms with Crippen molar-refractivity contribution in [2.75, 3.05) is 10.5 Å². The second kappa shape index (κ2) is 6.19. The van der Waals surface area contributed by atoms with Crippen LogP contribution < -0.4 is 4.72 Å². The summed E-state index contributed by atoms with van der Waals surface area (Å²) in [6.45, 7) is 0. The largest absolute Gasteiger partial charge is 0.508 e. The van der Waals surface area contributed by atoms with E-state index in [1.165, 1.54) is 0 Å². The van der Waals surface area contributed by atoms with Crippen LogP contribution in [0.5, 0.6) is 5.75 Å². The van der Waals surface area contributed by atoms with E-state index in [1.54, 1.807) is 0 Å². The first-order valence-corrected chi connectivity index (χ1v) is 7.06. The Hall–Kier alpha value is -2.36. The normalized spacial score (nSPS) is 11.0. The number of nitro groups is 1. The van der Waals surface area contributed by atoms with Crippen LogP contribution in [0.2, 0.25) is 0 Å². The minimum atomic E-state index is -3.90. The van der Waals surface area contributed by atoms with Gasteiger partial charge in [0.1, 0.15) is 11.4 Å². The molecule has 9 nitrogen and oxygen atoms in total. The van der Waals surface area contributed by atoms with Crippen molar-refractivity contribution in [3.05, 3.63) is 28.3 Å². The molecule has 1 aromatic rings. The Morgan fingerprint density at radius 3 is 2.60 bits per heavy atom. The Kier molecular flexibility index (Phi) is 4.86. The lowest BCUT2D eigenvalue weighted by atomic mass is 10.2. The fourth-order valence-electron chi connectivity index (χ4n) is 1.39. The van der Waals surface area contributed by atoms with Crippen molar-refractivity contribution in [3.63, 3.8) is 0 Å². The summed E-state index contributed by atoms with van der Waals surface area (Å²) in [6.07, 6.45) is -0.435. The van der Waals surface area contributed by atoms with Gasteiger partial charge in [-0.1, -0.05) is 0 Å². The average molecular weight is 304 g/mol. The van der Waals surface area contributed by atoms with Crippen molar-refractivity contribution in [1.82, 2.24) is 0 Å². The molecule has 0 aliphatic rings. The lowest BCUT2D eigenvalue weighted by molar-refractivity contribution is -0.384. The number of anilines is 1. The lowest BCUT2D eigenvalue weighted by Crippen LogP contribution is -2.18. The molecule has 0 radical (unpaired) electrons. The molecule has 10 heteroatoms. The summed E-state index contributed by atoms with van der Waals surface area (Å²) in [7, 11) is -3.90. The van der Waals surface area contributed by atoms with Crippen molar-refractivity contribution in [2.24, 2.45) is 0 Å². The van der Waals surface area contributed by atoms with Gasteiger partial charge >= 0.3 is 5.97 Å². The van der Waals surface area contributed by atoms with E-state index in [4.69, 9.17) is 10.2 Å². The quantitative estimate of drug-likeness (QED) is 0.385. The standard InChI is InChI=1S/C10H12N2O7S/c13-7-3-4-8(9(6-7)12(16)17)11-20(18,19)5-1-2-10(14)15/h3-4,6,11,13H,1-2,5H2,(H,14,15). The molecule has 0 aliphatic heterocycles. The third kappa shape index (κ3) is 4.72. The van der Waals surface area contributed by atoms with Crippen molar-refractivity contribution < 1.29 is 28.3 Å². The summed E-state index contributed by atoms with van der Waals surface area (Å²) in [6, 6.07) is 2.97. The minimum Gasteiger partial charge on any atom is -0.508 e. The van der Waals surface area contributed by atoms with Gasteiger partial charge in [-0.25, -0.2) is 8.42 Å². The van der Waals surface area contributed by atoms with Crippen LogP contribution in [0.25, 0.3) is 0 Å². The highest BCUT2D eigenvalue weighted by Gasteiger charge is 2.19. The fraction of sp³-hybridized carbons (Fsp3) is 0.300. The summed E-state index contributed by atoms with van der Waals surface area (Å²) in [4.78, 5) is 20.2. The van der Waals surface area contributed by atoms with Crippen LogP contribution in [-0.2, 0) is 14.8 Å². The third-order valence-electron chi connectivity index (χ3n) is 2.25. The molecule has 0 spiro atoms. The molecule has 0 bridgehead atoms. The van der Waals surface area contributed by atoms with E-state index >= 15 is 0 Å². The first-order valence-electron chi connectivity index (χ1n) is 5.41. The molecular formula is C10H12N2O7S. The Labute approximate surface area is 114 Å². The summed E-state index contributed by atoms with van der Waals surface area (Å²) in [5.74, 6) is -1.97. The molecule has 110 valence electrons. The van der Waals surface area contributed by atoms with Crippen LogP contribution in [0.15, 0.2) is 18.2 Å². The lowest BCUT2D eigenvalue weighted by Gasteiger charge is -2.08. The van der Waals surface area contributed by atoms with Crippen LogP contribution in [0, 0.1) is 10.1 Å². The highest BCUT2D eigenvalue weighted by molar-refractivity contribution is 7.92. The van der Waals surface area contributed by atoms with E-state index in [9.17, 15) is 23.3 Å². The molecule has 0 saturated carbocycles. The van der Waals surface area contributed by atoms with Crippen molar-refractivity contribution in [2.45, 2.75) is 12.8 Å². The van der Waals surface area contributed by atoms with E-state index < -0.39 is 32.4 Å². The number of rotatable bonds is 7. The van der Waals surface area contributed by atoms with Gasteiger partial charge in [-0.3, -0.25) is 19.6 Å². The summed E-state index contributed by atoms with van der Waals surface area (Å²) in [5, 5.41) is 28.3. The molecule has 0 aliphatic carbocycles. The van der Waals surface area contributed by atoms with Gasteiger partial charge in [0.2, 0.25) is 10.0 Å². The van der Waals surface area contributed by atoms with Gasteiger partial charge in [-0.05, 0) is 18.6 Å². The fourth-order valence-corrected chi connectivity index (χ4v) is 2.52. The first-order chi connectivity index (χ1) is 9.21. The number of phenolic OH excluding ortho intramolecular Hbond substituents is 1. The zero-order valence-corrected chi connectivity index (χ0v) is 11.0. The van der Waals surface area contributed by atoms with E-state index in [2.05, 4.69) is 0 Å². The number of carboxylic acids is 1. The molecule has 0 heterocycles. The van der Waals surface area contributed by atoms with Gasteiger partial charge in [0.25, 0.3) is 5.69 Å². The van der Waals surface area contributed by atoms with Crippen LogP contribution in [0.1, 0.15) is 12.8 Å². The topological polar surface area (TPSA) is 147 Å². The Balaban J connectivity index is 2.87. The molecule has 1 rings (SSSR count). The maximum absolute atomic E-state index is 11.7. The number of hydrogen-bond donors (Lipinski definition) is 3. The van der Waals surface area contributed by atoms with Gasteiger partial charge in [0.15, 0.2) is 0 Å². The second-order valence-electron chi connectivity index (χ2n) is 3.88. The second-order valence-corrected chi connectivity index (χ2v) is 5.72. The minimum absolute atomic E-state index is 0.115. The Morgan fingerprint density at radius 1 is 1.40 bits per heavy atom. The molecule has 0 atom stereocenters. The molecule has 0 unspecified atom stereocenters. The average Bonchev–Trinajstić information content (AvgIpc) is 2.30. The SMILES string of the molecule is O=C(O)CCCS(=O)(=O)Nc1ccc(O)cc1[N+](=O)[O-]. The highest BCUT2D eigenvalue weighted by Crippen LogP contribution is 2.29. The molecular weight excluding hydrogens is 292 g/mol. The van der Waals surface area contributed by atoms with Gasteiger partial charge < -0.3 is 10.2 Å².